The summed E-state index contributed by atoms with van der Waals surface area (Å²) in [6.45, 7) is 11.5. The van der Waals surface area contributed by atoms with Crippen LogP contribution in [0.25, 0.3) is 0 Å². The number of likely N-dealkylation sites (tertiary alicyclic amines) is 6. The van der Waals surface area contributed by atoms with Crippen LogP contribution < -0.4 is 10.6 Å². The molecular weight excluding hydrogens is 1930 g/mol. The lowest BCUT2D eigenvalue weighted by molar-refractivity contribution is -0.158. The first-order valence-corrected chi connectivity index (χ1v) is 47.3. The van der Waals surface area contributed by atoms with Gasteiger partial charge < -0.3 is 0 Å². The number of hydrogen-bond acceptors (Lipinski definition) is 12. The van der Waals surface area contributed by atoms with Crippen molar-refractivity contribution in [1.82, 2.24) is 40.0 Å². The van der Waals surface area contributed by atoms with Crippen molar-refractivity contribution >= 4 is 196 Å². The highest BCUT2D eigenvalue weighted by atomic mass is 35.5. The van der Waals surface area contributed by atoms with E-state index < -0.39 is 21.7 Å². The number of benzene rings is 10. The van der Waals surface area contributed by atoms with Crippen LogP contribution in [0.3, 0.4) is 0 Å². The summed E-state index contributed by atoms with van der Waals surface area (Å²) in [5.41, 5.74) is 8.36. The summed E-state index contributed by atoms with van der Waals surface area (Å²) in [7, 11) is 0. The molecule has 8 saturated heterocycles. The van der Waals surface area contributed by atoms with Gasteiger partial charge in [0, 0.05) is 82.0 Å². The van der Waals surface area contributed by atoms with Crippen LogP contribution in [0, 0.1) is 23.7 Å². The molecule has 4 atom stereocenters. The van der Waals surface area contributed by atoms with Crippen LogP contribution in [0.4, 0.5) is 0 Å². The molecule has 0 aliphatic carbocycles. The highest BCUT2D eigenvalue weighted by Gasteiger charge is 2.57. The molecule has 4 unspecified atom stereocenters. The third-order valence-electron chi connectivity index (χ3n) is 28.2. The maximum Gasteiger partial charge on any atom is 0.240 e. The zero-order chi connectivity index (χ0) is 89.4. The van der Waals surface area contributed by atoms with Gasteiger partial charge in [0.2, 0.25) is 47.3 Å². The third kappa shape index (κ3) is 26.3. The molecule has 8 aliphatic heterocycles. The number of hydrogen-bond donors (Lipinski definition) is 2. The van der Waals surface area contributed by atoms with Gasteiger partial charge in [0.15, 0.2) is 0 Å². The lowest BCUT2D eigenvalue weighted by Crippen LogP contribution is -2.58. The molecule has 0 aromatic heterocycles. The molecule has 2 N–H and O–H groups in total. The number of amides is 8. The maximum absolute atomic E-state index is 14.3. The van der Waals surface area contributed by atoms with Crippen LogP contribution in [0.1, 0.15) is 158 Å². The van der Waals surface area contributed by atoms with Crippen LogP contribution in [0.15, 0.2) is 267 Å². The Balaban J connectivity index is 0.000000199. The van der Waals surface area contributed by atoms with Crippen molar-refractivity contribution in [2.24, 2.45) is 23.7 Å². The van der Waals surface area contributed by atoms with E-state index in [1.54, 1.807) is 24.3 Å². The number of nitrogens with zero attached hydrogens (tertiary/aromatic N) is 6. The molecule has 28 heteroatoms. The van der Waals surface area contributed by atoms with E-state index >= 15 is 0 Å². The Labute approximate surface area is 859 Å². The van der Waals surface area contributed by atoms with Crippen molar-refractivity contribution < 1.29 is 38.4 Å². The smallest absolute Gasteiger partial charge is 0.240 e. The number of halogens is 8. The fourth-order valence-electron chi connectivity index (χ4n) is 21.4. The second-order valence-corrected chi connectivity index (χ2v) is 38.3. The molecule has 18 rings (SSSR count). The zero-order valence-electron chi connectivity index (χ0n) is 75.0. The van der Waals surface area contributed by atoms with Gasteiger partial charge in [-0.25, -0.2) is 0 Å². The lowest BCUT2D eigenvalue weighted by Gasteiger charge is -2.48. The van der Waals surface area contributed by atoms with Crippen molar-refractivity contribution in [2.45, 2.75) is 164 Å². The van der Waals surface area contributed by atoms with E-state index in [9.17, 15) is 38.4 Å². The summed E-state index contributed by atoms with van der Waals surface area (Å²) in [4.78, 5) is 117. The average molecular weight is 2050 g/mol. The summed E-state index contributed by atoms with van der Waals surface area (Å²) in [6, 6.07) is 87.0. The van der Waals surface area contributed by atoms with Crippen LogP contribution in [-0.4, -0.2) is 129 Å². The van der Waals surface area contributed by atoms with E-state index in [4.69, 9.17) is 69.6 Å². The number of rotatable bonds is 20. The minimum atomic E-state index is -0.687. The number of nitrogens with one attached hydrogen (secondary N) is 2. The predicted octanol–water partition coefficient (Wildman–Crippen LogP) is 22.1. The summed E-state index contributed by atoms with van der Waals surface area (Å²) >= 11 is 36.2. The van der Waals surface area contributed by atoms with E-state index in [-0.39, 0.29) is 163 Å². The molecule has 16 nitrogen and oxygen atoms in total. The average Bonchev–Trinajstić information content (AvgIpc) is 0.735. The Hall–Kier alpha value is -7.68. The minimum Gasteiger partial charge on any atom is -0.299 e. The molecule has 0 spiro atoms. The van der Waals surface area contributed by atoms with Crippen molar-refractivity contribution in [1.29, 1.82) is 0 Å². The minimum absolute atomic E-state index is 0. The number of carbonyl (C=O) groups is 8. The van der Waals surface area contributed by atoms with Gasteiger partial charge in [-0.1, -0.05) is 264 Å². The Morgan fingerprint density at radius 2 is 0.433 bits per heavy atom. The summed E-state index contributed by atoms with van der Waals surface area (Å²) in [6.07, 6.45) is 11.3. The van der Waals surface area contributed by atoms with Gasteiger partial charge in [0.05, 0.1) is 34.7 Å². The molecule has 8 fully saturated rings. The topological polar surface area (TPSA) is 180 Å². The van der Waals surface area contributed by atoms with Gasteiger partial charge in [-0.3, -0.25) is 78.4 Å². The van der Waals surface area contributed by atoms with Crippen LogP contribution in [0.2, 0.25) is 30.1 Å². The van der Waals surface area contributed by atoms with Gasteiger partial charge in [0.25, 0.3) is 0 Å². The summed E-state index contributed by atoms with van der Waals surface area (Å²) in [5, 5.41) is 9.51. The quantitative estimate of drug-likeness (QED) is 0.0691. The fraction of sp³-hybridized carbons (Fsp3) is 0.358. The molecule has 10 aromatic rings. The van der Waals surface area contributed by atoms with Crippen molar-refractivity contribution in [2.75, 3.05) is 52.4 Å². The van der Waals surface area contributed by atoms with Crippen molar-refractivity contribution in [3.05, 3.63) is 353 Å². The Morgan fingerprint density at radius 1 is 0.246 bits per heavy atom. The normalized spacial score (nSPS) is 21.7. The first-order valence-electron chi connectivity index (χ1n) is 45.0. The van der Waals surface area contributed by atoms with Gasteiger partial charge in [-0.05, 0) is 282 Å². The molecular formula is C106H120Cl8N8O8S4. The molecule has 8 heterocycles. The first kappa shape index (κ1) is 110. The molecule has 0 bridgehead atoms. The molecule has 8 aliphatic rings. The van der Waals surface area contributed by atoms with E-state index in [0.717, 1.165) is 183 Å². The van der Waals surface area contributed by atoms with E-state index in [2.05, 4.69) is 103 Å². The number of imide groups is 4. The molecule has 0 radical (unpaired) electrons. The largest absolute Gasteiger partial charge is 0.299 e. The van der Waals surface area contributed by atoms with Crippen LogP contribution in [0.5, 0.6) is 0 Å². The highest BCUT2D eigenvalue weighted by molar-refractivity contribution is 7.59. The monoisotopic (exact) mass is 2040 g/mol. The van der Waals surface area contributed by atoms with Gasteiger partial charge in [0.1, 0.15) is 0 Å². The highest BCUT2D eigenvalue weighted by Crippen LogP contribution is 2.51. The molecule has 134 heavy (non-hydrogen) atoms. The van der Waals surface area contributed by atoms with Gasteiger partial charge in [-0.15, -0.1) is 24.8 Å². The molecule has 0 saturated carbocycles. The molecule has 10 aromatic carbocycles. The molecule has 712 valence electrons. The van der Waals surface area contributed by atoms with Gasteiger partial charge >= 0.3 is 0 Å². The Kier molecular flexibility index (Phi) is 42.1. The number of piperidine rings is 8. The SMILES string of the molecule is Cl.Cl.O=C1CCC(c2ccccc2)(C2CCN(Cc3ccc(Cl)cc3)CC2)C(=O)N1.O=C1CCC(c2ccccc2)(C2CCN(Cc3ccc(Cl)cc3)CC2)C(=O)N1.O=C1CCC(c2ccccc2)(C2CCN(Cc3ccc(Cl)cc3)CC2)C(=O)N1Cc1ccc(Cl)cc1.O=C1CCC(c2ccccc2)(C2CCN(Cc3ccc(Cl)cc3)CC2)C(=O)N1Cc1ccc(Cl)cc1.S.S.S.S. The van der Waals surface area contributed by atoms with E-state index in [0.29, 0.717) is 61.4 Å². The summed E-state index contributed by atoms with van der Waals surface area (Å²) in [5.74, 6) is -0.0283. The molecule has 8 amide bonds. The lowest BCUT2D eigenvalue weighted by atomic mass is 9.62. The van der Waals surface area contributed by atoms with Gasteiger partial charge in [-0.2, -0.15) is 54.0 Å². The number of carbonyl (C=O) groups excluding carboxylic acids is 8. The van der Waals surface area contributed by atoms with Crippen molar-refractivity contribution in [3.63, 3.8) is 0 Å². The second kappa shape index (κ2) is 51.3. The van der Waals surface area contributed by atoms with Crippen LogP contribution in [-0.2, 0) is 99.3 Å². The Morgan fingerprint density at radius 3 is 0.642 bits per heavy atom. The van der Waals surface area contributed by atoms with Crippen molar-refractivity contribution in [3.8, 4) is 0 Å². The predicted molar refractivity (Wildman–Crippen MR) is 564 cm³/mol. The Bertz CT molecular complexity index is 5140. The standard InChI is InChI=1S/2C30H30Cl2N2O2.2C23H25ClN2O2.2ClH.4H2S/c2*31-26-10-6-22(7-11-26)20-33-18-15-25(16-19-33)30(24-4-2-1-3-5-24)17-14-28(35)34(29(30)36)21-23-8-12-27(32)13-9-23;2*24-20-8-6-17(7-9-20)16-26-14-11-19(12-15-26)23(18-4-2-1-3-5-18)13-10-21(27)25-22(23)28;;;;;;/h2*1-13,25H,14-21H2;2*1-9,19H,10-16H2,(H,25,27,28);2*1H;4*1H2. The second-order valence-electron chi connectivity index (χ2n) is 35.6. The summed E-state index contributed by atoms with van der Waals surface area (Å²) < 4.78 is 0. The maximum atomic E-state index is 14.3. The van der Waals surface area contributed by atoms with E-state index in [1.165, 1.54) is 32.1 Å². The zero-order valence-corrected chi connectivity index (χ0v) is 85.1. The van der Waals surface area contributed by atoms with Crippen LogP contribution >= 0.6 is 148 Å². The third-order valence-corrected chi connectivity index (χ3v) is 29.7. The first-order chi connectivity index (χ1) is 62.1. The fourth-order valence-corrected chi connectivity index (χ4v) is 22.1. The van der Waals surface area contributed by atoms with E-state index in [1.807, 2.05) is 170 Å².